The third kappa shape index (κ3) is 2.34. The summed E-state index contributed by atoms with van der Waals surface area (Å²) in [5.74, 6) is 0. The normalized spacial score (nSPS) is 9.88. The molecular weight excluding hydrogens is 307 g/mol. The van der Waals surface area contributed by atoms with Crippen LogP contribution in [0.5, 0.6) is 0 Å². The summed E-state index contributed by atoms with van der Waals surface area (Å²) in [7, 11) is 0. The molecule has 16 heavy (non-hydrogen) atoms. The molecule has 0 spiro atoms. The molecule has 0 fully saturated rings. The summed E-state index contributed by atoms with van der Waals surface area (Å²) in [6, 6.07) is 1.61. The van der Waals surface area contributed by atoms with E-state index in [1.165, 1.54) is 0 Å². The fraction of sp³-hybridized carbons (Fsp3) is 0. The molecule has 9 heteroatoms. The van der Waals surface area contributed by atoms with Crippen molar-refractivity contribution in [2.45, 2.75) is 0 Å². The highest BCUT2D eigenvalue weighted by Gasteiger charge is 2.24. The molecule has 7 nitrogen and oxygen atoms in total. The van der Waals surface area contributed by atoms with Crippen LogP contribution in [-0.4, -0.2) is 15.1 Å². The van der Waals surface area contributed by atoms with Crippen molar-refractivity contribution < 1.29 is 14.6 Å². The Morgan fingerprint density at radius 3 is 2.19 bits per heavy atom. The molecule has 1 aromatic rings. The first-order chi connectivity index (χ1) is 7.34. The number of carbonyl (C=O) groups excluding carboxylic acids is 1. The summed E-state index contributed by atoms with van der Waals surface area (Å²) < 4.78 is -0.178. The Morgan fingerprint density at radius 1 is 1.25 bits per heavy atom. The molecule has 0 radical (unpaired) electrons. The fourth-order valence-electron chi connectivity index (χ4n) is 0.976. The summed E-state index contributed by atoms with van der Waals surface area (Å²) in [5, 5.41) is 20.0. The lowest BCUT2D eigenvalue weighted by Gasteiger charge is -2.00. The number of nitrogens with zero attached hydrogens (tertiary/aromatic N) is 2. The van der Waals surface area contributed by atoms with Gasteiger partial charge in [0.25, 0.3) is 16.6 Å². The zero-order valence-corrected chi connectivity index (χ0v) is 9.69. The van der Waals surface area contributed by atoms with Gasteiger partial charge in [-0.15, -0.1) is 0 Å². The van der Waals surface area contributed by atoms with Gasteiger partial charge in [0.2, 0.25) is 0 Å². The molecule has 0 N–H and O–H groups in total. The molecule has 0 aromatic heterocycles. The molecular formula is C7H2BrClN2O5. The average Bonchev–Trinajstić information content (AvgIpc) is 2.16. The number of nitro groups is 2. The SMILES string of the molecule is O=C(Cl)c1cc([N+](=O)[O-])cc([N+](=O)[O-])c1Br. The lowest BCUT2D eigenvalue weighted by Crippen LogP contribution is -1.99. The summed E-state index contributed by atoms with van der Waals surface area (Å²) in [5.41, 5.74) is -1.47. The van der Waals surface area contributed by atoms with Gasteiger partial charge in [-0.1, -0.05) is 0 Å². The standard InChI is InChI=1S/C7H2BrClN2O5/c8-6-4(7(9)12)1-3(10(13)14)2-5(6)11(15)16/h1-2H. The quantitative estimate of drug-likeness (QED) is 0.485. The molecule has 84 valence electrons. The van der Waals surface area contributed by atoms with Crippen LogP contribution in [-0.2, 0) is 0 Å². The van der Waals surface area contributed by atoms with Crippen molar-refractivity contribution in [3.8, 4) is 0 Å². The Balaban J connectivity index is 3.57. The number of rotatable bonds is 3. The van der Waals surface area contributed by atoms with Crippen LogP contribution in [0.25, 0.3) is 0 Å². The van der Waals surface area contributed by atoms with Crippen LogP contribution in [0, 0.1) is 20.2 Å². The predicted octanol–water partition coefficient (Wildman–Crippen LogP) is 2.64. The van der Waals surface area contributed by atoms with Gasteiger partial charge in [-0.2, -0.15) is 0 Å². The number of carbonyl (C=O) groups is 1. The topological polar surface area (TPSA) is 103 Å². The van der Waals surface area contributed by atoms with E-state index in [9.17, 15) is 25.0 Å². The summed E-state index contributed by atoms with van der Waals surface area (Å²) >= 11 is 7.94. The number of halogens is 2. The summed E-state index contributed by atoms with van der Waals surface area (Å²) in [4.78, 5) is 30.3. The highest BCUT2D eigenvalue weighted by molar-refractivity contribution is 9.10. The van der Waals surface area contributed by atoms with Crippen molar-refractivity contribution in [2.75, 3.05) is 0 Å². The Morgan fingerprint density at radius 2 is 1.81 bits per heavy atom. The molecule has 0 atom stereocenters. The van der Waals surface area contributed by atoms with Crippen molar-refractivity contribution in [3.63, 3.8) is 0 Å². The fourth-order valence-corrected chi connectivity index (χ4v) is 1.79. The molecule has 1 rings (SSSR count). The van der Waals surface area contributed by atoms with Gasteiger partial charge < -0.3 is 0 Å². The third-order valence-electron chi connectivity index (χ3n) is 1.66. The largest absolute Gasteiger partial charge is 0.291 e. The van der Waals surface area contributed by atoms with Gasteiger partial charge in [0, 0.05) is 6.07 Å². The second kappa shape index (κ2) is 4.54. The van der Waals surface area contributed by atoms with Crippen LogP contribution < -0.4 is 0 Å². The molecule has 0 heterocycles. The van der Waals surface area contributed by atoms with Gasteiger partial charge in [0.05, 0.1) is 21.5 Å². The minimum absolute atomic E-state index is 0.178. The zero-order chi connectivity index (χ0) is 12.5. The van der Waals surface area contributed by atoms with Crippen molar-refractivity contribution in [3.05, 3.63) is 42.4 Å². The van der Waals surface area contributed by atoms with Gasteiger partial charge in [0.15, 0.2) is 0 Å². The van der Waals surface area contributed by atoms with Crippen LogP contribution in [0.1, 0.15) is 10.4 Å². The number of benzene rings is 1. The highest BCUT2D eigenvalue weighted by atomic mass is 79.9. The van der Waals surface area contributed by atoms with Crippen molar-refractivity contribution >= 4 is 44.1 Å². The second-order valence-corrected chi connectivity index (χ2v) is 3.75. The van der Waals surface area contributed by atoms with E-state index in [4.69, 9.17) is 11.6 Å². The molecule has 0 amide bonds. The van der Waals surface area contributed by atoms with Gasteiger partial charge in [0.1, 0.15) is 4.47 Å². The van der Waals surface area contributed by atoms with E-state index in [1.54, 1.807) is 0 Å². The molecule has 0 aliphatic carbocycles. The molecule has 0 unspecified atom stereocenters. The van der Waals surface area contributed by atoms with Crippen molar-refractivity contribution in [1.82, 2.24) is 0 Å². The maximum Gasteiger partial charge on any atom is 0.291 e. The van der Waals surface area contributed by atoms with Crippen molar-refractivity contribution in [2.24, 2.45) is 0 Å². The molecule has 0 saturated carbocycles. The smallest absolute Gasteiger partial charge is 0.276 e. The lowest BCUT2D eigenvalue weighted by molar-refractivity contribution is -0.394. The summed E-state index contributed by atoms with van der Waals surface area (Å²) in [6.07, 6.45) is 0. The van der Waals surface area contributed by atoms with E-state index in [0.29, 0.717) is 0 Å². The first kappa shape index (κ1) is 12.5. The highest BCUT2D eigenvalue weighted by Crippen LogP contribution is 2.33. The van der Waals surface area contributed by atoms with Crippen LogP contribution >= 0.6 is 27.5 Å². The maximum absolute atomic E-state index is 10.9. The van der Waals surface area contributed by atoms with E-state index < -0.39 is 26.5 Å². The number of non-ortho nitro benzene ring substituents is 1. The molecule has 0 aliphatic rings. The number of hydrogen-bond acceptors (Lipinski definition) is 5. The maximum atomic E-state index is 10.9. The monoisotopic (exact) mass is 308 g/mol. The van der Waals surface area contributed by atoms with Gasteiger partial charge in [-0.25, -0.2) is 0 Å². The van der Waals surface area contributed by atoms with E-state index in [-0.39, 0.29) is 10.0 Å². The Labute approximate surface area is 101 Å². The Bertz CT molecular complexity index is 469. The van der Waals surface area contributed by atoms with Crippen LogP contribution in [0.2, 0.25) is 0 Å². The Kier molecular flexibility index (Phi) is 3.55. The van der Waals surface area contributed by atoms with Crippen LogP contribution in [0.15, 0.2) is 16.6 Å². The summed E-state index contributed by atoms with van der Waals surface area (Å²) in [6.45, 7) is 0. The van der Waals surface area contributed by atoms with Crippen molar-refractivity contribution in [1.29, 1.82) is 0 Å². The first-order valence-electron chi connectivity index (χ1n) is 3.66. The first-order valence-corrected chi connectivity index (χ1v) is 4.84. The third-order valence-corrected chi connectivity index (χ3v) is 2.69. The lowest BCUT2D eigenvalue weighted by atomic mass is 10.2. The number of hydrogen-bond donors (Lipinski definition) is 0. The molecule has 1 aromatic carbocycles. The predicted molar refractivity (Wildman–Crippen MR) is 57.6 cm³/mol. The molecule has 0 aliphatic heterocycles. The van der Waals surface area contributed by atoms with Gasteiger partial charge in [-0.05, 0) is 27.5 Å². The van der Waals surface area contributed by atoms with Crippen LogP contribution in [0.3, 0.4) is 0 Å². The molecule has 0 saturated heterocycles. The minimum Gasteiger partial charge on any atom is -0.276 e. The second-order valence-electron chi connectivity index (χ2n) is 2.61. The average molecular weight is 309 g/mol. The van der Waals surface area contributed by atoms with E-state index >= 15 is 0 Å². The van der Waals surface area contributed by atoms with E-state index in [1.807, 2.05) is 0 Å². The number of nitro benzene ring substituents is 2. The van der Waals surface area contributed by atoms with Gasteiger partial charge in [-0.3, -0.25) is 25.0 Å². The minimum atomic E-state index is -1.02. The Hall–Kier alpha value is -1.54. The van der Waals surface area contributed by atoms with E-state index in [2.05, 4.69) is 15.9 Å². The van der Waals surface area contributed by atoms with E-state index in [0.717, 1.165) is 12.1 Å². The molecule has 0 bridgehead atoms. The van der Waals surface area contributed by atoms with Gasteiger partial charge >= 0.3 is 0 Å². The zero-order valence-electron chi connectivity index (χ0n) is 7.35. The van der Waals surface area contributed by atoms with Crippen LogP contribution in [0.4, 0.5) is 11.4 Å².